The lowest BCUT2D eigenvalue weighted by molar-refractivity contribution is 0.627. The van der Waals surface area contributed by atoms with E-state index >= 15 is 0 Å². The molecule has 2 aliphatic rings. The first-order valence-corrected chi connectivity index (χ1v) is 21.6. The first kappa shape index (κ1) is 34.2. The van der Waals surface area contributed by atoms with E-state index in [0.29, 0.717) is 33.2 Å². The molecule has 0 bridgehead atoms. The van der Waals surface area contributed by atoms with Gasteiger partial charge in [0.05, 0.1) is 0 Å². The summed E-state index contributed by atoms with van der Waals surface area (Å²) in [4.78, 5) is 0. The normalized spacial score (nSPS) is 13.7. The third kappa shape index (κ3) is 5.27. The summed E-state index contributed by atoms with van der Waals surface area (Å²) in [7, 11) is -4.08. The van der Waals surface area contributed by atoms with Crippen molar-refractivity contribution >= 4 is 27.3 Å². The minimum absolute atomic E-state index is 0.255. The lowest BCUT2D eigenvalue weighted by Gasteiger charge is -2.38. The van der Waals surface area contributed by atoms with Crippen LogP contribution in [0.1, 0.15) is 94.2 Å². The van der Waals surface area contributed by atoms with E-state index in [1.165, 1.54) is 0 Å². The second kappa shape index (κ2) is 12.4. The van der Waals surface area contributed by atoms with Crippen LogP contribution in [0.4, 0.5) is 8.78 Å². The van der Waals surface area contributed by atoms with Gasteiger partial charge >= 0.3 is 0 Å². The van der Waals surface area contributed by atoms with Crippen molar-refractivity contribution in [2.75, 3.05) is 0 Å². The van der Waals surface area contributed by atoms with E-state index in [4.69, 9.17) is 0 Å². The van der Waals surface area contributed by atoms with Gasteiger partial charge < -0.3 is 0 Å². The molecule has 0 saturated carbocycles. The van der Waals surface area contributed by atoms with Gasteiger partial charge in [0.15, 0.2) is 0 Å². The van der Waals surface area contributed by atoms with Gasteiger partial charge in [-0.15, -0.1) is 11.1 Å². The molecule has 0 nitrogen and oxygen atoms in total. The van der Waals surface area contributed by atoms with Crippen LogP contribution < -0.4 is 10.4 Å². The van der Waals surface area contributed by atoms with Crippen LogP contribution in [-0.4, -0.2) is 16.1 Å². The molecular weight excluding hydrogens is 599 g/mol. The highest BCUT2D eigenvalue weighted by atomic mass is 28.3. The molecule has 0 spiro atoms. The minimum atomic E-state index is -2.04. The van der Waals surface area contributed by atoms with Gasteiger partial charge in [0.2, 0.25) is 0 Å². The molecule has 4 heteroatoms. The molecule has 0 unspecified atom stereocenters. The van der Waals surface area contributed by atoms with E-state index in [1.54, 1.807) is 24.3 Å². The second-order valence-electron chi connectivity index (χ2n) is 15.4. The number of benzene rings is 3. The van der Waals surface area contributed by atoms with Crippen LogP contribution in [0, 0.1) is 34.6 Å². The maximum absolute atomic E-state index is 14.9. The van der Waals surface area contributed by atoms with Gasteiger partial charge in [0.25, 0.3) is 0 Å². The van der Waals surface area contributed by atoms with E-state index in [1.807, 2.05) is 12.1 Å². The first-order chi connectivity index (χ1) is 21.6. The lowest BCUT2D eigenvalue weighted by Crippen LogP contribution is -2.43. The van der Waals surface area contributed by atoms with Gasteiger partial charge in [-0.2, -0.15) is 0 Å². The summed E-state index contributed by atoms with van der Waals surface area (Å²) >= 11 is 0. The maximum Gasteiger partial charge on any atom is 0.146 e. The molecule has 0 saturated heterocycles. The Morgan fingerprint density at radius 3 is 1.00 bits per heavy atom. The smallest absolute Gasteiger partial charge is 0.146 e. The molecule has 0 fully saturated rings. The lowest BCUT2D eigenvalue weighted by atomic mass is 10.0. The number of fused-ring (bicyclic) bond motifs is 6. The largest absolute Gasteiger partial charge is 0.207 e. The van der Waals surface area contributed by atoms with Crippen molar-refractivity contribution in [3.8, 4) is 45.2 Å². The zero-order chi connectivity index (χ0) is 33.9. The van der Waals surface area contributed by atoms with Crippen molar-refractivity contribution in [1.82, 2.24) is 0 Å². The summed E-state index contributed by atoms with van der Waals surface area (Å²) in [6, 6.07) is 14.6. The predicted octanol–water partition coefficient (Wildman–Crippen LogP) is 10.8. The van der Waals surface area contributed by atoms with E-state index in [-0.39, 0.29) is 11.6 Å². The van der Waals surface area contributed by atoms with E-state index in [0.717, 1.165) is 55.0 Å². The summed E-state index contributed by atoms with van der Waals surface area (Å²) in [5, 5.41) is 2.07. The Kier molecular flexibility index (Phi) is 9.24. The van der Waals surface area contributed by atoms with Crippen molar-refractivity contribution in [3.63, 3.8) is 0 Å². The van der Waals surface area contributed by atoms with Crippen molar-refractivity contribution in [3.05, 3.63) is 81.7 Å². The van der Waals surface area contributed by atoms with Crippen LogP contribution in [0.5, 0.6) is 0 Å². The fraction of sp³-hybridized carbons (Fsp3) is 0.429. The number of rotatable bonds is 6. The SMILES string of the molecule is CC(C)[Si](C#CC1=c2cc3c(cc2-c2ccc(F)cc21)=C(C#C[Si](C(C)C)(C(C)C)C(C)C)c1cc(F)ccc1-3)(C(C)C)C(C)C. The molecular formula is C42H50F2Si2. The van der Waals surface area contributed by atoms with Crippen molar-refractivity contribution in [1.29, 1.82) is 0 Å². The van der Waals surface area contributed by atoms with Gasteiger partial charge in [0.1, 0.15) is 27.8 Å². The van der Waals surface area contributed by atoms with Crippen LogP contribution in [-0.2, 0) is 0 Å². The van der Waals surface area contributed by atoms with Gasteiger partial charge in [0, 0.05) is 22.3 Å². The standard InChI is InChI=1S/C42H50F2Si2/c1-25(2)45(26(3)4,27(5)6)19-17-35-37-21-31(43)13-15-33(37)39-24-42-36(18-20-46(28(7)8,29(9)10)30(11)12)38-22-32(44)14-16-34(38)40(42)23-41(35)39/h13-16,21-30H,1-12H3. The summed E-state index contributed by atoms with van der Waals surface area (Å²) in [5.74, 6) is 6.88. The fourth-order valence-corrected chi connectivity index (χ4v) is 19.6. The van der Waals surface area contributed by atoms with Crippen LogP contribution in [0.25, 0.3) is 33.4 Å². The second-order valence-corrected chi connectivity index (χ2v) is 26.5. The molecule has 0 aliphatic heterocycles. The average Bonchev–Trinajstić information content (AvgIpc) is 3.42. The summed E-state index contributed by atoms with van der Waals surface area (Å²) < 4.78 is 29.7. The monoisotopic (exact) mass is 648 g/mol. The molecule has 240 valence electrons. The Bertz CT molecular complexity index is 1770. The van der Waals surface area contributed by atoms with Crippen molar-refractivity contribution < 1.29 is 8.78 Å². The Labute approximate surface area is 278 Å². The number of halogens is 2. The Morgan fingerprint density at radius 2 is 0.717 bits per heavy atom. The highest BCUT2D eigenvalue weighted by molar-refractivity contribution is 6.91. The Hall–Kier alpha value is -3.19. The molecule has 0 N–H and O–H groups in total. The highest BCUT2D eigenvalue weighted by Crippen LogP contribution is 2.43. The molecule has 46 heavy (non-hydrogen) atoms. The number of hydrogen-bond acceptors (Lipinski definition) is 0. The zero-order valence-electron chi connectivity index (χ0n) is 29.8. The predicted molar refractivity (Wildman–Crippen MR) is 199 cm³/mol. The first-order valence-electron chi connectivity index (χ1n) is 17.2. The third-order valence-corrected chi connectivity index (χ3v) is 23.9. The van der Waals surface area contributed by atoms with Crippen molar-refractivity contribution in [2.45, 2.75) is 116 Å². The quantitative estimate of drug-likeness (QED) is 0.184. The fourth-order valence-electron chi connectivity index (χ4n) is 9.14. The van der Waals surface area contributed by atoms with Gasteiger partial charge in [-0.3, -0.25) is 0 Å². The van der Waals surface area contributed by atoms with Gasteiger partial charge in [-0.25, -0.2) is 8.78 Å². The maximum atomic E-state index is 14.9. The summed E-state index contributed by atoms with van der Waals surface area (Å²) in [6.45, 7) is 27.8. The summed E-state index contributed by atoms with van der Waals surface area (Å²) in [6.07, 6.45) is 0. The van der Waals surface area contributed by atoms with Crippen LogP contribution in [0.2, 0.25) is 33.2 Å². The summed E-state index contributed by atoms with van der Waals surface area (Å²) in [5.41, 5.74) is 18.4. The van der Waals surface area contributed by atoms with E-state index in [2.05, 4.69) is 118 Å². The van der Waals surface area contributed by atoms with Crippen LogP contribution >= 0.6 is 0 Å². The Balaban J connectivity index is 1.89. The molecule has 3 aromatic carbocycles. The molecule has 3 aromatic rings. The average molecular weight is 649 g/mol. The van der Waals surface area contributed by atoms with Gasteiger partial charge in [-0.05, 0) is 102 Å². The molecule has 5 rings (SSSR count). The zero-order valence-corrected chi connectivity index (χ0v) is 31.8. The molecule has 0 amide bonds. The topological polar surface area (TPSA) is 0 Å². The molecule has 0 atom stereocenters. The third-order valence-electron chi connectivity index (χ3n) is 11.3. The molecule has 0 heterocycles. The van der Waals surface area contributed by atoms with Crippen LogP contribution in [0.15, 0.2) is 48.5 Å². The van der Waals surface area contributed by atoms with E-state index < -0.39 is 16.1 Å². The molecule has 0 radical (unpaired) electrons. The molecule has 0 aromatic heterocycles. The minimum Gasteiger partial charge on any atom is -0.207 e. The van der Waals surface area contributed by atoms with Crippen LogP contribution in [0.3, 0.4) is 0 Å². The molecule has 2 aliphatic carbocycles. The number of hydrogen-bond donors (Lipinski definition) is 0. The van der Waals surface area contributed by atoms with Gasteiger partial charge in [-0.1, -0.05) is 107 Å². The highest BCUT2D eigenvalue weighted by Gasteiger charge is 2.43. The van der Waals surface area contributed by atoms with Crippen molar-refractivity contribution in [2.24, 2.45) is 0 Å². The Morgan fingerprint density at radius 1 is 0.413 bits per heavy atom. The van der Waals surface area contributed by atoms with E-state index in [9.17, 15) is 8.78 Å².